The molecule has 0 aliphatic carbocycles. The Kier molecular flexibility index (Phi) is 4.51. The normalized spacial score (nSPS) is 19.1. The SMILES string of the molecule is Cc1nc(=O)[nH]c(C)c1CC(=O)N1CCOC(CO)C1. The van der Waals surface area contributed by atoms with Crippen LogP contribution in [0.25, 0.3) is 0 Å². The Balaban J connectivity index is 2.10. The molecule has 2 N–H and O–H groups in total. The third kappa shape index (κ3) is 3.23. The van der Waals surface area contributed by atoms with Crippen LogP contribution >= 0.6 is 0 Å². The van der Waals surface area contributed by atoms with Gasteiger partial charge >= 0.3 is 5.69 Å². The molecule has 0 radical (unpaired) electrons. The number of ether oxygens (including phenoxy) is 1. The number of carbonyl (C=O) groups is 1. The molecule has 0 saturated carbocycles. The van der Waals surface area contributed by atoms with Crippen LogP contribution in [0.5, 0.6) is 0 Å². The highest BCUT2D eigenvalue weighted by Gasteiger charge is 2.24. The molecule has 1 saturated heterocycles. The lowest BCUT2D eigenvalue weighted by Crippen LogP contribution is -2.47. The van der Waals surface area contributed by atoms with Crippen LogP contribution in [0.2, 0.25) is 0 Å². The fourth-order valence-electron chi connectivity index (χ4n) is 2.33. The van der Waals surface area contributed by atoms with Crippen molar-refractivity contribution in [2.45, 2.75) is 26.4 Å². The first-order chi connectivity index (χ1) is 9.51. The van der Waals surface area contributed by atoms with Gasteiger partial charge in [-0.05, 0) is 13.8 Å². The molecule has 1 aliphatic heterocycles. The zero-order chi connectivity index (χ0) is 14.7. The number of aliphatic hydroxyl groups excluding tert-OH is 1. The van der Waals surface area contributed by atoms with E-state index in [-0.39, 0.29) is 25.0 Å². The van der Waals surface area contributed by atoms with E-state index in [4.69, 9.17) is 9.84 Å². The monoisotopic (exact) mass is 281 g/mol. The van der Waals surface area contributed by atoms with Gasteiger partial charge in [0, 0.05) is 30.0 Å². The summed E-state index contributed by atoms with van der Waals surface area (Å²) in [4.78, 5) is 31.6. The second kappa shape index (κ2) is 6.15. The van der Waals surface area contributed by atoms with Crippen molar-refractivity contribution >= 4 is 5.91 Å². The van der Waals surface area contributed by atoms with Gasteiger partial charge in [-0.1, -0.05) is 0 Å². The Morgan fingerprint density at radius 1 is 1.55 bits per heavy atom. The number of hydrogen-bond acceptors (Lipinski definition) is 5. The van der Waals surface area contributed by atoms with Crippen molar-refractivity contribution < 1.29 is 14.6 Å². The molecule has 2 rings (SSSR count). The number of H-pyrrole nitrogens is 1. The van der Waals surface area contributed by atoms with E-state index in [9.17, 15) is 9.59 Å². The highest BCUT2D eigenvalue weighted by atomic mass is 16.5. The summed E-state index contributed by atoms with van der Waals surface area (Å²) in [7, 11) is 0. The van der Waals surface area contributed by atoms with Gasteiger partial charge in [-0.15, -0.1) is 0 Å². The third-order valence-corrected chi connectivity index (χ3v) is 3.48. The molecule has 0 aromatic carbocycles. The van der Waals surface area contributed by atoms with Crippen molar-refractivity contribution in [1.29, 1.82) is 0 Å². The number of aryl methyl sites for hydroxylation is 2. The molecule has 1 aliphatic rings. The average Bonchev–Trinajstić information content (AvgIpc) is 2.42. The maximum Gasteiger partial charge on any atom is 0.345 e. The molecule has 20 heavy (non-hydrogen) atoms. The highest BCUT2D eigenvalue weighted by Crippen LogP contribution is 2.12. The molecule has 1 unspecified atom stereocenters. The van der Waals surface area contributed by atoms with Crippen LogP contribution in [0.4, 0.5) is 0 Å². The fourth-order valence-corrected chi connectivity index (χ4v) is 2.33. The predicted molar refractivity (Wildman–Crippen MR) is 71.4 cm³/mol. The van der Waals surface area contributed by atoms with Gasteiger partial charge in [-0.25, -0.2) is 4.79 Å². The van der Waals surface area contributed by atoms with Gasteiger partial charge in [0.2, 0.25) is 5.91 Å². The Hall–Kier alpha value is -1.73. The van der Waals surface area contributed by atoms with Crippen molar-refractivity contribution in [2.75, 3.05) is 26.3 Å². The maximum atomic E-state index is 12.3. The van der Waals surface area contributed by atoms with Gasteiger partial charge in [0.1, 0.15) is 0 Å². The minimum Gasteiger partial charge on any atom is -0.394 e. The van der Waals surface area contributed by atoms with Gasteiger partial charge < -0.3 is 19.7 Å². The first-order valence-electron chi connectivity index (χ1n) is 6.58. The molecule has 0 spiro atoms. The molecule has 7 heteroatoms. The molecule has 1 fully saturated rings. The number of amides is 1. The summed E-state index contributed by atoms with van der Waals surface area (Å²) in [6, 6.07) is 0. The quantitative estimate of drug-likeness (QED) is 0.752. The zero-order valence-corrected chi connectivity index (χ0v) is 11.7. The first-order valence-corrected chi connectivity index (χ1v) is 6.58. The van der Waals surface area contributed by atoms with Crippen LogP contribution in [-0.2, 0) is 16.0 Å². The zero-order valence-electron chi connectivity index (χ0n) is 11.7. The lowest BCUT2D eigenvalue weighted by Gasteiger charge is -2.32. The molecular weight excluding hydrogens is 262 g/mol. The van der Waals surface area contributed by atoms with Crippen LogP contribution in [0.3, 0.4) is 0 Å². The third-order valence-electron chi connectivity index (χ3n) is 3.48. The Bertz CT molecular complexity index is 529. The maximum absolute atomic E-state index is 12.3. The van der Waals surface area contributed by atoms with Crippen molar-refractivity contribution in [3.63, 3.8) is 0 Å². The van der Waals surface area contributed by atoms with Crippen molar-refractivity contribution in [1.82, 2.24) is 14.9 Å². The number of carbonyl (C=O) groups excluding carboxylic acids is 1. The smallest absolute Gasteiger partial charge is 0.345 e. The second-order valence-electron chi connectivity index (χ2n) is 4.92. The van der Waals surface area contributed by atoms with E-state index in [2.05, 4.69) is 9.97 Å². The molecule has 7 nitrogen and oxygen atoms in total. The number of morpholine rings is 1. The highest BCUT2D eigenvalue weighted by molar-refractivity contribution is 5.79. The predicted octanol–water partition coefficient (Wildman–Crippen LogP) is -0.851. The molecule has 1 atom stereocenters. The Morgan fingerprint density at radius 2 is 2.30 bits per heavy atom. The summed E-state index contributed by atoms with van der Waals surface area (Å²) >= 11 is 0. The van der Waals surface area contributed by atoms with E-state index in [1.54, 1.807) is 18.7 Å². The number of aromatic nitrogens is 2. The minimum absolute atomic E-state index is 0.0493. The molecule has 1 amide bonds. The summed E-state index contributed by atoms with van der Waals surface area (Å²) in [6.07, 6.45) is -0.122. The Labute approximate surface area is 116 Å². The Morgan fingerprint density at radius 3 is 2.95 bits per heavy atom. The second-order valence-corrected chi connectivity index (χ2v) is 4.92. The molecule has 2 heterocycles. The lowest BCUT2D eigenvalue weighted by atomic mass is 10.1. The standard InChI is InChI=1S/C13H19N3O4/c1-8-11(9(2)15-13(19)14-8)5-12(18)16-3-4-20-10(6-16)7-17/h10,17H,3-7H2,1-2H3,(H,14,15,19). The van der Waals surface area contributed by atoms with E-state index >= 15 is 0 Å². The minimum atomic E-state index is -0.400. The lowest BCUT2D eigenvalue weighted by molar-refractivity contribution is -0.139. The first kappa shape index (κ1) is 14.7. The van der Waals surface area contributed by atoms with Crippen LogP contribution in [0, 0.1) is 13.8 Å². The van der Waals surface area contributed by atoms with E-state index in [0.717, 1.165) is 5.56 Å². The van der Waals surface area contributed by atoms with Crippen molar-refractivity contribution in [3.05, 3.63) is 27.4 Å². The fraction of sp³-hybridized carbons (Fsp3) is 0.615. The molecule has 110 valence electrons. The summed E-state index contributed by atoms with van der Waals surface area (Å²) in [6.45, 7) is 4.73. The molecule has 1 aromatic rings. The summed E-state index contributed by atoms with van der Waals surface area (Å²) < 4.78 is 5.32. The van der Waals surface area contributed by atoms with Gasteiger partial charge in [-0.3, -0.25) is 4.79 Å². The van der Waals surface area contributed by atoms with E-state index in [1.807, 2.05) is 0 Å². The van der Waals surface area contributed by atoms with Gasteiger partial charge in [-0.2, -0.15) is 4.98 Å². The topological polar surface area (TPSA) is 95.5 Å². The average molecular weight is 281 g/mol. The van der Waals surface area contributed by atoms with E-state index < -0.39 is 5.69 Å². The number of rotatable bonds is 3. The molecular formula is C13H19N3O4. The summed E-state index contributed by atoms with van der Waals surface area (Å²) in [5.41, 5.74) is 1.60. The number of nitrogens with zero attached hydrogens (tertiary/aromatic N) is 2. The van der Waals surface area contributed by atoms with Crippen LogP contribution < -0.4 is 5.69 Å². The molecule has 0 bridgehead atoms. The summed E-state index contributed by atoms with van der Waals surface area (Å²) in [5.74, 6) is -0.0493. The van der Waals surface area contributed by atoms with Crippen LogP contribution in [0.1, 0.15) is 17.0 Å². The van der Waals surface area contributed by atoms with Gasteiger partial charge in [0.05, 0.1) is 25.7 Å². The number of hydrogen-bond donors (Lipinski definition) is 2. The largest absolute Gasteiger partial charge is 0.394 e. The van der Waals surface area contributed by atoms with Gasteiger partial charge in [0.15, 0.2) is 0 Å². The number of nitrogens with one attached hydrogen (secondary N) is 1. The van der Waals surface area contributed by atoms with Crippen LogP contribution in [-0.4, -0.2) is 58.3 Å². The van der Waals surface area contributed by atoms with Crippen molar-refractivity contribution in [2.24, 2.45) is 0 Å². The van der Waals surface area contributed by atoms with E-state index in [1.165, 1.54) is 0 Å². The number of aromatic amines is 1. The van der Waals surface area contributed by atoms with Crippen LogP contribution in [0.15, 0.2) is 4.79 Å². The summed E-state index contributed by atoms with van der Waals surface area (Å²) in [5, 5.41) is 9.09. The van der Waals surface area contributed by atoms with Gasteiger partial charge in [0.25, 0.3) is 0 Å². The van der Waals surface area contributed by atoms with Crippen molar-refractivity contribution in [3.8, 4) is 0 Å². The van der Waals surface area contributed by atoms with E-state index in [0.29, 0.717) is 31.1 Å². The number of aliphatic hydroxyl groups is 1. The molecule has 1 aromatic heterocycles.